The highest BCUT2D eigenvalue weighted by molar-refractivity contribution is 6.07. The molecule has 2 aromatic carbocycles. The molecule has 1 amide bonds. The second-order valence-electron chi connectivity index (χ2n) is 7.43. The Labute approximate surface area is 180 Å². The molecule has 31 heavy (non-hydrogen) atoms. The first-order valence-corrected chi connectivity index (χ1v) is 10.1. The van der Waals surface area contributed by atoms with Crippen molar-refractivity contribution in [3.05, 3.63) is 59.8 Å². The van der Waals surface area contributed by atoms with E-state index in [-0.39, 0.29) is 11.9 Å². The highest BCUT2D eigenvalue weighted by Crippen LogP contribution is 2.21. The second-order valence-corrected chi connectivity index (χ2v) is 7.43. The SMILES string of the molecule is C/C(=N\N=C(N)N)c1ccc2cc(C(=O)Nc3ccc(N4CCNCC4)cc3)[nH]c2c1. The quantitative estimate of drug-likeness (QED) is 0.245. The van der Waals surface area contributed by atoms with Crippen LogP contribution in [0.2, 0.25) is 0 Å². The van der Waals surface area contributed by atoms with Crippen molar-refractivity contribution in [2.45, 2.75) is 6.92 Å². The topological polar surface area (TPSA) is 137 Å². The first-order chi connectivity index (χ1) is 15.0. The number of piperazine rings is 1. The number of carbonyl (C=O) groups is 1. The molecule has 0 spiro atoms. The molecule has 0 saturated carbocycles. The number of nitrogens with zero attached hydrogens (tertiary/aromatic N) is 3. The first-order valence-electron chi connectivity index (χ1n) is 10.1. The predicted molar refractivity (Wildman–Crippen MR) is 126 cm³/mol. The number of anilines is 2. The minimum Gasteiger partial charge on any atom is -0.369 e. The van der Waals surface area contributed by atoms with Gasteiger partial charge >= 0.3 is 0 Å². The Morgan fingerprint density at radius 2 is 1.77 bits per heavy atom. The second kappa shape index (κ2) is 8.88. The number of hydrogen-bond acceptors (Lipinski definition) is 5. The molecule has 1 aliphatic heterocycles. The minimum absolute atomic E-state index is 0.0970. The number of H-pyrrole nitrogens is 1. The monoisotopic (exact) mass is 418 g/mol. The van der Waals surface area contributed by atoms with E-state index >= 15 is 0 Å². The maximum atomic E-state index is 12.7. The van der Waals surface area contributed by atoms with Crippen LogP contribution in [0.25, 0.3) is 10.9 Å². The summed E-state index contributed by atoms with van der Waals surface area (Å²) in [6.45, 7) is 5.76. The van der Waals surface area contributed by atoms with Crippen LogP contribution in [0, 0.1) is 0 Å². The Morgan fingerprint density at radius 1 is 1.03 bits per heavy atom. The minimum atomic E-state index is -0.196. The summed E-state index contributed by atoms with van der Waals surface area (Å²) in [5.41, 5.74) is 15.4. The lowest BCUT2D eigenvalue weighted by Gasteiger charge is -2.29. The van der Waals surface area contributed by atoms with Crippen LogP contribution < -0.4 is 27.0 Å². The molecule has 0 atom stereocenters. The Bertz CT molecular complexity index is 1140. The van der Waals surface area contributed by atoms with Gasteiger partial charge in [0, 0.05) is 48.5 Å². The molecule has 2 heterocycles. The summed E-state index contributed by atoms with van der Waals surface area (Å²) in [6, 6.07) is 15.5. The Hall–Kier alpha value is -3.85. The fourth-order valence-electron chi connectivity index (χ4n) is 3.54. The fraction of sp³-hybridized carbons (Fsp3) is 0.227. The zero-order chi connectivity index (χ0) is 21.8. The molecular weight excluding hydrogens is 392 g/mol. The summed E-state index contributed by atoms with van der Waals surface area (Å²) in [6.07, 6.45) is 0. The highest BCUT2D eigenvalue weighted by Gasteiger charge is 2.13. The Balaban J connectivity index is 1.47. The molecule has 160 valence electrons. The summed E-state index contributed by atoms with van der Waals surface area (Å²) in [7, 11) is 0. The van der Waals surface area contributed by atoms with Crippen LogP contribution in [0.3, 0.4) is 0 Å². The van der Waals surface area contributed by atoms with Crippen LogP contribution >= 0.6 is 0 Å². The third-order valence-corrected chi connectivity index (χ3v) is 5.21. The largest absolute Gasteiger partial charge is 0.369 e. The molecule has 4 rings (SSSR count). The van der Waals surface area contributed by atoms with Crippen LogP contribution in [-0.4, -0.2) is 48.7 Å². The molecule has 0 radical (unpaired) electrons. The number of guanidine groups is 1. The van der Waals surface area contributed by atoms with Crippen LogP contribution in [-0.2, 0) is 0 Å². The lowest BCUT2D eigenvalue weighted by Crippen LogP contribution is -2.43. The van der Waals surface area contributed by atoms with Crippen LogP contribution in [0.1, 0.15) is 23.0 Å². The zero-order valence-corrected chi connectivity index (χ0v) is 17.4. The number of benzene rings is 2. The number of aromatic amines is 1. The summed E-state index contributed by atoms with van der Waals surface area (Å²) < 4.78 is 0. The molecule has 0 unspecified atom stereocenters. The van der Waals surface area contributed by atoms with Crippen molar-refractivity contribution in [3.8, 4) is 0 Å². The van der Waals surface area contributed by atoms with Gasteiger partial charge in [-0.2, -0.15) is 5.10 Å². The lowest BCUT2D eigenvalue weighted by atomic mass is 10.1. The number of nitrogens with one attached hydrogen (secondary N) is 3. The molecule has 0 bridgehead atoms. The van der Waals surface area contributed by atoms with Gasteiger partial charge in [0.2, 0.25) is 5.96 Å². The van der Waals surface area contributed by atoms with Gasteiger partial charge in [-0.1, -0.05) is 12.1 Å². The van der Waals surface area contributed by atoms with Gasteiger partial charge in [-0.05, 0) is 48.9 Å². The number of fused-ring (bicyclic) bond motifs is 1. The first kappa shape index (κ1) is 20.4. The molecule has 1 aromatic heterocycles. The van der Waals surface area contributed by atoms with Crippen molar-refractivity contribution < 1.29 is 4.79 Å². The number of hydrogen-bond donors (Lipinski definition) is 5. The summed E-state index contributed by atoms with van der Waals surface area (Å²) in [5.74, 6) is -0.293. The smallest absolute Gasteiger partial charge is 0.272 e. The molecule has 1 saturated heterocycles. The summed E-state index contributed by atoms with van der Waals surface area (Å²) in [5, 5.41) is 14.9. The predicted octanol–water partition coefficient (Wildman–Crippen LogP) is 1.83. The molecule has 9 nitrogen and oxygen atoms in total. The highest BCUT2D eigenvalue weighted by atomic mass is 16.1. The molecule has 3 aromatic rings. The molecule has 0 aliphatic carbocycles. The van der Waals surface area contributed by atoms with Crippen molar-refractivity contribution in [3.63, 3.8) is 0 Å². The molecule has 1 aliphatic rings. The van der Waals surface area contributed by atoms with E-state index in [1.807, 2.05) is 55.5 Å². The van der Waals surface area contributed by atoms with Crippen molar-refractivity contribution in [2.24, 2.45) is 21.7 Å². The third kappa shape index (κ3) is 4.84. The molecule has 9 heteroatoms. The van der Waals surface area contributed by atoms with Crippen molar-refractivity contribution >= 4 is 39.9 Å². The number of nitrogens with two attached hydrogens (primary N) is 2. The number of amides is 1. The van der Waals surface area contributed by atoms with Gasteiger partial charge in [-0.15, -0.1) is 5.10 Å². The van der Waals surface area contributed by atoms with Crippen LogP contribution in [0.15, 0.2) is 58.7 Å². The van der Waals surface area contributed by atoms with Gasteiger partial charge in [0.25, 0.3) is 5.91 Å². The fourth-order valence-corrected chi connectivity index (χ4v) is 3.54. The van der Waals surface area contributed by atoms with Crippen molar-refractivity contribution in [1.82, 2.24) is 10.3 Å². The van der Waals surface area contributed by atoms with E-state index in [2.05, 4.69) is 30.7 Å². The van der Waals surface area contributed by atoms with E-state index in [1.165, 1.54) is 0 Å². The zero-order valence-electron chi connectivity index (χ0n) is 17.4. The standard InChI is InChI=1S/C22H26N8O/c1-14(28-29-22(23)24)15-2-3-16-13-20(27-19(16)12-15)21(31)26-17-4-6-18(7-5-17)30-10-8-25-9-11-30/h2-7,12-13,25,27H,8-11H2,1H3,(H,26,31)(H4,23,24,29)/b28-14+. The van der Waals surface area contributed by atoms with Crippen molar-refractivity contribution in [2.75, 3.05) is 36.4 Å². The van der Waals surface area contributed by atoms with E-state index in [0.29, 0.717) is 11.4 Å². The average molecular weight is 419 g/mol. The summed E-state index contributed by atoms with van der Waals surface area (Å²) in [4.78, 5) is 18.2. The van der Waals surface area contributed by atoms with Gasteiger partial charge in [0.15, 0.2) is 0 Å². The maximum Gasteiger partial charge on any atom is 0.272 e. The molecule has 1 fully saturated rings. The Morgan fingerprint density at radius 3 is 2.48 bits per heavy atom. The number of carbonyl (C=O) groups excluding carboxylic acids is 1. The van der Waals surface area contributed by atoms with E-state index in [9.17, 15) is 4.79 Å². The van der Waals surface area contributed by atoms with Crippen LogP contribution in [0.4, 0.5) is 11.4 Å². The summed E-state index contributed by atoms with van der Waals surface area (Å²) >= 11 is 0. The molecule has 7 N–H and O–H groups in total. The number of aromatic nitrogens is 1. The lowest BCUT2D eigenvalue weighted by molar-refractivity contribution is 0.102. The Kier molecular flexibility index (Phi) is 5.85. The van der Waals surface area contributed by atoms with Crippen LogP contribution in [0.5, 0.6) is 0 Å². The average Bonchev–Trinajstić information content (AvgIpc) is 3.22. The van der Waals surface area contributed by atoms with Gasteiger partial charge in [-0.3, -0.25) is 4.79 Å². The van der Waals surface area contributed by atoms with Crippen molar-refractivity contribution in [1.29, 1.82) is 0 Å². The van der Waals surface area contributed by atoms with E-state index in [0.717, 1.165) is 54.0 Å². The molecular formula is C22H26N8O. The number of rotatable bonds is 5. The maximum absolute atomic E-state index is 12.7. The van der Waals surface area contributed by atoms with Gasteiger partial charge in [0.05, 0.1) is 5.71 Å². The normalized spacial score (nSPS) is 14.5. The van der Waals surface area contributed by atoms with Gasteiger partial charge in [-0.25, -0.2) is 0 Å². The van der Waals surface area contributed by atoms with Gasteiger partial charge < -0.3 is 32.0 Å². The third-order valence-electron chi connectivity index (χ3n) is 5.21. The van der Waals surface area contributed by atoms with E-state index in [1.54, 1.807) is 0 Å². The van der Waals surface area contributed by atoms with E-state index < -0.39 is 0 Å². The van der Waals surface area contributed by atoms with Gasteiger partial charge in [0.1, 0.15) is 5.69 Å². The van der Waals surface area contributed by atoms with E-state index in [4.69, 9.17) is 11.5 Å².